The van der Waals surface area contributed by atoms with E-state index in [9.17, 15) is 0 Å². The Hall–Kier alpha value is -0.0800. The molecule has 0 saturated carbocycles. The Labute approximate surface area is 43.4 Å². The smallest absolute Gasteiger partial charge is 0.226 e. The van der Waals surface area contributed by atoms with Crippen LogP contribution >= 0.6 is 0 Å². The highest BCUT2D eigenvalue weighted by molar-refractivity contribution is 4.73. The highest BCUT2D eigenvalue weighted by Crippen LogP contribution is 2.19. The molecule has 2 heteroatoms. The zero-order chi connectivity index (χ0) is 5.11. The minimum absolute atomic E-state index is 0.481. The molecule has 7 heavy (non-hydrogen) atoms. The van der Waals surface area contributed by atoms with E-state index in [2.05, 4.69) is 6.92 Å². The van der Waals surface area contributed by atoms with E-state index >= 15 is 0 Å². The van der Waals surface area contributed by atoms with Crippen LogP contribution in [0.2, 0.25) is 0 Å². The van der Waals surface area contributed by atoms with Gasteiger partial charge >= 0.3 is 0 Å². The van der Waals surface area contributed by atoms with Gasteiger partial charge in [0.15, 0.2) is 0 Å². The van der Waals surface area contributed by atoms with Crippen molar-refractivity contribution in [3.8, 4) is 0 Å². The van der Waals surface area contributed by atoms with Crippen LogP contribution in [0.4, 0.5) is 0 Å². The molecule has 0 aromatic rings. The van der Waals surface area contributed by atoms with Gasteiger partial charge in [0.05, 0.1) is 13.2 Å². The molecule has 1 saturated heterocycles. The van der Waals surface area contributed by atoms with Crippen LogP contribution in [-0.4, -0.2) is 13.2 Å². The quantitative estimate of drug-likeness (QED) is 0.509. The molecule has 1 aliphatic rings. The van der Waals surface area contributed by atoms with E-state index in [1.165, 1.54) is 0 Å². The third kappa shape index (κ3) is 1.14. The standard InChI is InChI=1S/C5H8O2/c1-2-6-5-3-4-7-5/h1-4H2. The average Bonchev–Trinajstić information content (AvgIpc) is 1.55. The molecule has 0 N–H and O–H groups in total. The van der Waals surface area contributed by atoms with Gasteiger partial charge in [0, 0.05) is 6.42 Å². The van der Waals surface area contributed by atoms with E-state index in [4.69, 9.17) is 9.47 Å². The maximum absolute atomic E-state index is 4.86. The van der Waals surface area contributed by atoms with Gasteiger partial charge in [0.25, 0.3) is 0 Å². The second-order valence-corrected chi connectivity index (χ2v) is 1.32. The Morgan fingerprint density at radius 1 is 1.86 bits per heavy atom. The molecule has 1 fully saturated rings. The van der Waals surface area contributed by atoms with Gasteiger partial charge in [-0.1, -0.05) is 0 Å². The monoisotopic (exact) mass is 100 g/mol. The number of ether oxygens (including phenoxy) is 2. The van der Waals surface area contributed by atoms with E-state index < -0.39 is 0 Å². The molecule has 0 atom stereocenters. The van der Waals surface area contributed by atoms with Crippen LogP contribution in [0, 0.1) is 13.2 Å². The van der Waals surface area contributed by atoms with Gasteiger partial charge in [0.1, 0.15) is 0 Å². The molecule has 40 valence electrons. The van der Waals surface area contributed by atoms with Crippen LogP contribution in [0.5, 0.6) is 0 Å². The molecular weight excluding hydrogens is 92.1 g/mol. The van der Waals surface area contributed by atoms with Crippen molar-refractivity contribution >= 4 is 0 Å². The van der Waals surface area contributed by atoms with Gasteiger partial charge in [-0.2, -0.15) is 0 Å². The molecule has 0 bridgehead atoms. The third-order valence-electron chi connectivity index (χ3n) is 0.832. The van der Waals surface area contributed by atoms with E-state index in [0.29, 0.717) is 6.61 Å². The number of hydrogen-bond donors (Lipinski definition) is 0. The average molecular weight is 100 g/mol. The molecule has 0 aliphatic carbocycles. The van der Waals surface area contributed by atoms with Crippen LogP contribution in [0.1, 0.15) is 6.42 Å². The summed E-state index contributed by atoms with van der Waals surface area (Å²) in [6.07, 6.45) is 1.70. The fourth-order valence-corrected chi connectivity index (χ4v) is 0.413. The first-order valence-corrected chi connectivity index (χ1v) is 2.34. The maximum atomic E-state index is 4.86. The zero-order valence-corrected chi connectivity index (χ0v) is 4.14. The Morgan fingerprint density at radius 3 is 2.71 bits per heavy atom. The van der Waals surface area contributed by atoms with Crippen molar-refractivity contribution in [2.24, 2.45) is 0 Å². The summed E-state index contributed by atoms with van der Waals surface area (Å²) in [5.74, 6) is 0. The summed E-state index contributed by atoms with van der Waals surface area (Å²) in [5, 5.41) is 0. The van der Waals surface area contributed by atoms with Gasteiger partial charge in [-0.05, 0) is 6.92 Å². The zero-order valence-electron chi connectivity index (χ0n) is 4.14. The second kappa shape index (κ2) is 2.28. The number of rotatable bonds is 2. The molecular formula is C5H8O2. The maximum Gasteiger partial charge on any atom is 0.226 e. The van der Waals surface area contributed by atoms with Crippen molar-refractivity contribution in [1.82, 2.24) is 0 Å². The van der Waals surface area contributed by atoms with Crippen molar-refractivity contribution < 1.29 is 9.47 Å². The lowest BCUT2D eigenvalue weighted by Gasteiger charge is -2.23. The highest BCUT2D eigenvalue weighted by atomic mass is 16.7. The molecule has 1 heterocycles. The molecule has 0 unspecified atom stereocenters. The summed E-state index contributed by atoms with van der Waals surface area (Å²) in [4.78, 5) is 0. The predicted molar refractivity (Wildman–Crippen MR) is 25.1 cm³/mol. The predicted octanol–water partition coefficient (Wildman–Crippen LogP) is 0.747. The molecule has 2 radical (unpaired) electrons. The van der Waals surface area contributed by atoms with Gasteiger partial charge in [-0.3, -0.25) is 0 Å². The molecule has 2 nitrogen and oxygen atoms in total. The summed E-state index contributed by atoms with van der Waals surface area (Å²) >= 11 is 0. The van der Waals surface area contributed by atoms with Gasteiger partial charge in [-0.15, -0.1) is 0 Å². The van der Waals surface area contributed by atoms with Crippen LogP contribution in [-0.2, 0) is 9.47 Å². The lowest BCUT2D eigenvalue weighted by molar-refractivity contribution is -0.111. The van der Waals surface area contributed by atoms with Crippen LogP contribution < -0.4 is 0 Å². The fourth-order valence-electron chi connectivity index (χ4n) is 0.413. The second-order valence-electron chi connectivity index (χ2n) is 1.32. The number of hydrogen-bond acceptors (Lipinski definition) is 2. The van der Waals surface area contributed by atoms with Gasteiger partial charge in [-0.25, -0.2) is 0 Å². The molecule has 0 amide bonds. The van der Waals surface area contributed by atoms with E-state index in [1.54, 1.807) is 0 Å². The topological polar surface area (TPSA) is 18.5 Å². The fraction of sp³-hybridized carbons (Fsp3) is 0.600. The molecule has 0 spiro atoms. The Morgan fingerprint density at radius 2 is 2.57 bits per heavy atom. The van der Waals surface area contributed by atoms with Crippen LogP contribution in [0.3, 0.4) is 0 Å². The van der Waals surface area contributed by atoms with E-state index in [-0.39, 0.29) is 0 Å². The summed E-state index contributed by atoms with van der Waals surface area (Å²) in [6, 6.07) is 0. The highest BCUT2D eigenvalue weighted by Gasteiger charge is 2.19. The lowest BCUT2D eigenvalue weighted by Crippen LogP contribution is -2.20. The van der Waals surface area contributed by atoms with Crippen LogP contribution in [0.25, 0.3) is 0 Å². The summed E-state index contributed by atoms with van der Waals surface area (Å²) < 4.78 is 9.69. The normalized spacial score (nSPS) is 21.9. The first kappa shape index (κ1) is 5.06. The largest absolute Gasteiger partial charge is 0.345 e. The van der Waals surface area contributed by atoms with Gasteiger partial charge in [0.2, 0.25) is 6.29 Å². The first-order chi connectivity index (χ1) is 3.43. The minimum atomic E-state index is 0.481. The van der Waals surface area contributed by atoms with Crippen LogP contribution in [0.15, 0.2) is 0 Å². The molecule has 1 rings (SSSR count). The van der Waals surface area contributed by atoms with Crippen molar-refractivity contribution in [2.75, 3.05) is 13.2 Å². The molecule has 0 aromatic heterocycles. The Kier molecular flexibility index (Phi) is 1.65. The van der Waals surface area contributed by atoms with Crippen molar-refractivity contribution in [1.29, 1.82) is 0 Å². The summed E-state index contributed by atoms with van der Waals surface area (Å²) in [5.41, 5.74) is 0. The first-order valence-electron chi connectivity index (χ1n) is 2.34. The van der Waals surface area contributed by atoms with Crippen molar-refractivity contribution in [3.63, 3.8) is 0 Å². The van der Waals surface area contributed by atoms with Gasteiger partial charge < -0.3 is 9.47 Å². The summed E-state index contributed by atoms with van der Waals surface area (Å²) in [6.45, 7) is 4.78. The Bertz CT molecular complexity index is 50.0. The van der Waals surface area contributed by atoms with E-state index in [1.807, 2.05) is 0 Å². The Balaban J connectivity index is 1.93. The summed E-state index contributed by atoms with van der Waals surface area (Å²) in [7, 11) is 0. The van der Waals surface area contributed by atoms with Crippen molar-refractivity contribution in [2.45, 2.75) is 6.42 Å². The third-order valence-corrected chi connectivity index (χ3v) is 0.832. The minimum Gasteiger partial charge on any atom is -0.345 e. The SMILES string of the molecule is [CH2]CO[C]1CCO1. The molecule has 1 aliphatic heterocycles. The molecule has 0 aromatic carbocycles. The van der Waals surface area contributed by atoms with E-state index in [0.717, 1.165) is 19.3 Å². The van der Waals surface area contributed by atoms with Crippen molar-refractivity contribution in [3.05, 3.63) is 13.2 Å². The lowest BCUT2D eigenvalue weighted by atomic mass is 10.3.